The molecule has 0 heterocycles. The third-order valence-electron chi connectivity index (χ3n) is 1.09. The molecule has 1 unspecified atom stereocenters. The van der Waals surface area contributed by atoms with E-state index in [-0.39, 0.29) is 10.5 Å². The Morgan fingerprint density at radius 1 is 1.82 bits per heavy atom. The first-order valence-electron chi connectivity index (χ1n) is 2.98. The Hall–Kier alpha value is -0.110. The van der Waals surface area contributed by atoms with Crippen molar-refractivity contribution in [2.45, 2.75) is 23.4 Å². The maximum Gasteiger partial charge on any atom is 0.294 e. The van der Waals surface area contributed by atoms with Crippen molar-refractivity contribution < 1.29 is 15.0 Å². The summed E-state index contributed by atoms with van der Waals surface area (Å²) in [7, 11) is 0. The Bertz CT molecular complexity index is 144. The first-order chi connectivity index (χ1) is 4.84. The van der Waals surface area contributed by atoms with E-state index in [1.54, 1.807) is 13.8 Å². The van der Waals surface area contributed by atoms with Crippen LogP contribution in [0.2, 0.25) is 0 Å². The number of hydrogen-bond donors (Lipinski definition) is 1. The molecule has 0 spiro atoms. The van der Waals surface area contributed by atoms with E-state index in [0.717, 1.165) is 0 Å². The molecule has 0 aliphatic heterocycles. The molecule has 0 bridgehead atoms. The van der Waals surface area contributed by atoms with Gasteiger partial charge in [-0.15, -0.1) is 10.1 Å². The van der Waals surface area contributed by atoms with Crippen LogP contribution in [-0.2, 0) is 4.84 Å². The van der Waals surface area contributed by atoms with E-state index < -0.39 is 10.7 Å². The molecule has 1 atom stereocenters. The van der Waals surface area contributed by atoms with E-state index in [0.29, 0.717) is 0 Å². The van der Waals surface area contributed by atoms with Gasteiger partial charge in [0, 0.05) is 0 Å². The fraction of sp³-hybridized carbons (Fsp3) is 1.00. The Kier molecular flexibility index (Phi) is 4.01. The van der Waals surface area contributed by atoms with Crippen molar-refractivity contribution in [3.05, 3.63) is 10.1 Å². The zero-order chi connectivity index (χ0) is 9.07. The van der Waals surface area contributed by atoms with Crippen molar-refractivity contribution in [2.24, 2.45) is 0 Å². The highest BCUT2D eigenvalue weighted by Gasteiger charge is 2.24. The van der Waals surface area contributed by atoms with Crippen LogP contribution in [-0.4, -0.2) is 26.3 Å². The van der Waals surface area contributed by atoms with Crippen LogP contribution in [0.15, 0.2) is 0 Å². The maximum atomic E-state index is 9.73. The molecule has 0 aliphatic rings. The van der Waals surface area contributed by atoms with Gasteiger partial charge < -0.3 is 9.94 Å². The highest BCUT2D eigenvalue weighted by Crippen LogP contribution is 2.17. The summed E-state index contributed by atoms with van der Waals surface area (Å²) in [6.07, 6.45) is 0. The molecule has 0 aromatic rings. The largest absolute Gasteiger partial charge is 0.389 e. The van der Waals surface area contributed by atoms with Crippen LogP contribution >= 0.6 is 22.6 Å². The van der Waals surface area contributed by atoms with Crippen LogP contribution in [0.3, 0.4) is 0 Å². The summed E-state index contributed by atoms with van der Waals surface area (Å²) in [6.45, 7) is 3.07. The van der Waals surface area contributed by atoms with Gasteiger partial charge >= 0.3 is 0 Å². The van der Waals surface area contributed by atoms with Crippen LogP contribution in [0, 0.1) is 10.1 Å². The molecule has 0 aromatic carbocycles. The molecule has 1 N–H and O–H groups in total. The monoisotopic (exact) mass is 275 g/mol. The van der Waals surface area contributed by atoms with E-state index in [4.69, 9.17) is 0 Å². The van der Waals surface area contributed by atoms with Gasteiger partial charge in [-0.2, -0.15) is 0 Å². The summed E-state index contributed by atoms with van der Waals surface area (Å²) >= 11 is 1.90. The number of hydrogen-bond acceptors (Lipinski definition) is 4. The van der Waals surface area contributed by atoms with Crippen molar-refractivity contribution >= 4 is 22.6 Å². The molecule has 0 amide bonds. The van der Waals surface area contributed by atoms with Gasteiger partial charge in [-0.25, -0.2) is 0 Å². The van der Waals surface area contributed by atoms with E-state index in [1.165, 1.54) is 0 Å². The van der Waals surface area contributed by atoms with Crippen LogP contribution < -0.4 is 0 Å². The summed E-state index contributed by atoms with van der Waals surface area (Å²) < 4.78 is -0.287. The molecular formula is C5H10INO4. The van der Waals surface area contributed by atoms with Gasteiger partial charge in [0.1, 0.15) is 6.61 Å². The van der Waals surface area contributed by atoms with Crippen molar-refractivity contribution in [1.29, 1.82) is 0 Å². The predicted molar refractivity (Wildman–Crippen MR) is 47.1 cm³/mol. The van der Waals surface area contributed by atoms with E-state index in [1.807, 2.05) is 22.6 Å². The minimum atomic E-state index is -0.948. The fourth-order valence-electron chi connectivity index (χ4n) is 0.330. The van der Waals surface area contributed by atoms with Crippen molar-refractivity contribution in [1.82, 2.24) is 0 Å². The SMILES string of the molecule is CC(C)(O)C(I)CO[N+](=O)[O-]. The molecule has 66 valence electrons. The highest BCUT2D eigenvalue weighted by molar-refractivity contribution is 14.1. The van der Waals surface area contributed by atoms with E-state index >= 15 is 0 Å². The number of alkyl halides is 1. The smallest absolute Gasteiger partial charge is 0.294 e. The van der Waals surface area contributed by atoms with Gasteiger partial charge in [-0.05, 0) is 13.8 Å². The van der Waals surface area contributed by atoms with Gasteiger partial charge in [0.15, 0.2) is 0 Å². The summed E-state index contributed by atoms with van der Waals surface area (Å²) in [5, 5.41) is 18.2. The lowest BCUT2D eigenvalue weighted by Crippen LogP contribution is -2.35. The predicted octanol–water partition coefficient (Wildman–Crippen LogP) is 0.769. The van der Waals surface area contributed by atoms with E-state index in [2.05, 4.69) is 4.84 Å². The highest BCUT2D eigenvalue weighted by atomic mass is 127. The second kappa shape index (κ2) is 4.05. The van der Waals surface area contributed by atoms with Crippen LogP contribution in [0.5, 0.6) is 0 Å². The first-order valence-corrected chi connectivity index (χ1v) is 4.22. The fourth-order valence-corrected chi connectivity index (χ4v) is 0.491. The number of aliphatic hydroxyl groups is 1. The molecule has 11 heavy (non-hydrogen) atoms. The minimum Gasteiger partial charge on any atom is -0.389 e. The van der Waals surface area contributed by atoms with E-state index in [9.17, 15) is 15.2 Å². The third-order valence-corrected chi connectivity index (χ3v) is 2.98. The lowest BCUT2D eigenvalue weighted by Gasteiger charge is -2.22. The number of halogens is 1. The van der Waals surface area contributed by atoms with Crippen LogP contribution in [0.1, 0.15) is 13.8 Å². The molecule has 0 saturated carbocycles. The molecule has 0 aliphatic carbocycles. The minimum absolute atomic E-state index is 0.0862. The Morgan fingerprint density at radius 2 is 2.27 bits per heavy atom. The molecule has 0 rings (SSSR count). The molecule has 6 heteroatoms. The second-order valence-corrected chi connectivity index (χ2v) is 4.14. The molecule has 0 saturated heterocycles. The molecule has 0 fully saturated rings. The van der Waals surface area contributed by atoms with Crippen molar-refractivity contribution in [3.8, 4) is 0 Å². The molecule has 0 radical (unpaired) electrons. The zero-order valence-corrected chi connectivity index (χ0v) is 8.44. The topological polar surface area (TPSA) is 72.6 Å². The summed E-state index contributed by atoms with van der Waals surface area (Å²) in [5.41, 5.74) is -0.948. The van der Waals surface area contributed by atoms with Crippen LogP contribution in [0.4, 0.5) is 0 Å². The van der Waals surface area contributed by atoms with Gasteiger partial charge in [0.2, 0.25) is 0 Å². The molecule has 0 aromatic heterocycles. The number of nitrogens with zero attached hydrogens (tertiary/aromatic N) is 1. The van der Waals surface area contributed by atoms with Gasteiger partial charge in [0.05, 0.1) is 9.53 Å². The zero-order valence-electron chi connectivity index (χ0n) is 6.28. The summed E-state index contributed by atoms with van der Waals surface area (Å²) in [4.78, 5) is 13.8. The lowest BCUT2D eigenvalue weighted by atomic mass is 10.1. The lowest BCUT2D eigenvalue weighted by molar-refractivity contribution is -0.757. The van der Waals surface area contributed by atoms with Gasteiger partial charge in [-0.1, -0.05) is 22.6 Å². The van der Waals surface area contributed by atoms with Crippen molar-refractivity contribution in [2.75, 3.05) is 6.61 Å². The third kappa shape index (κ3) is 5.19. The summed E-state index contributed by atoms with van der Waals surface area (Å²) in [6, 6.07) is 0. The maximum absolute atomic E-state index is 9.73. The normalized spacial score (nSPS) is 14.2. The average Bonchev–Trinajstić information content (AvgIpc) is 1.80. The standard InChI is InChI=1S/C5H10INO4/c1-5(2,8)4(6)3-11-7(9)10/h4,8H,3H2,1-2H3. The quantitative estimate of drug-likeness (QED) is 0.356. The van der Waals surface area contributed by atoms with Gasteiger partial charge in [-0.3, -0.25) is 0 Å². The van der Waals surface area contributed by atoms with Crippen molar-refractivity contribution in [3.63, 3.8) is 0 Å². The number of rotatable bonds is 4. The molecule has 5 nitrogen and oxygen atoms in total. The van der Waals surface area contributed by atoms with Crippen LogP contribution in [0.25, 0.3) is 0 Å². The van der Waals surface area contributed by atoms with Gasteiger partial charge in [0.25, 0.3) is 5.09 Å². The summed E-state index contributed by atoms with van der Waals surface area (Å²) in [5.74, 6) is 0. The Labute approximate surface area is 78.0 Å². The Balaban J connectivity index is 3.70. The first kappa shape index (κ1) is 10.9. The second-order valence-electron chi connectivity index (χ2n) is 2.64. The average molecular weight is 275 g/mol. The molecular weight excluding hydrogens is 265 g/mol. The Morgan fingerprint density at radius 3 is 2.55 bits per heavy atom.